The average Bonchev–Trinajstić information content (AvgIpc) is 2.24. The van der Waals surface area contributed by atoms with Gasteiger partial charge >= 0.3 is 11.9 Å². The number of hydrogen-bond donors (Lipinski definition) is 6. The molecule has 0 saturated heterocycles. The number of guanidine groups is 1. The Hall–Kier alpha value is -1.87. The number of carboxylic acid groups (broad SMARTS) is 2. The standard InChI is InChI=1S/C6H14N4O2.C2H5NO2/c7-4(5(11)12)2-1-3-10-6(8)9;3-1-2(4)5/h4H,1-3,7H2,(H,11,12)(H4,8,9,10);1,3H2,(H,4,5)/t4-;/m0./s1. The topological polar surface area (TPSA) is 191 Å². The number of rotatable bonds is 6. The second-order valence-electron chi connectivity index (χ2n) is 2.99. The molecule has 9 heteroatoms. The van der Waals surface area contributed by atoms with Crippen molar-refractivity contribution in [1.29, 1.82) is 0 Å². The summed E-state index contributed by atoms with van der Waals surface area (Å²) in [6.07, 6.45) is 0.956. The summed E-state index contributed by atoms with van der Waals surface area (Å²) >= 11 is 0. The predicted octanol–water partition coefficient (Wildman–Crippen LogP) is -2.52. The summed E-state index contributed by atoms with van der Waals surface area (Å²) in [6, 6.07) is -0.820. The van der Waals surface area contributed by atoms with Gasteiger partial charge in [0.1, 0.15) is 6.04 Å². The molecular formula is C8H19N5O4. The smallest absolute Gasteiger partial charge is 0.320 e. The Balaban J connectivity index is 0. The van der Waals surface area contributed by atoms with Crippen LogP contribution in [0.1, 0.15) is 12.8 Å². The number of nitrogens with zero attached hydrogens (tertiary/aromatic N) is 1. The van der Waals surface area contributed by atoms with Gasteiger partial charge in [0.15, 0.2) is 5.96 Å². The Kier molecular flexibility index (Phi) is 11.0. The van der Waals surface area contributed by atoms with Crippen LogP contribution in [0.3, 0.4) is 0 Å². The van der Waals surface area contributed by atoms with Crippen molar-refractivity contribution < 1.29 is 19.8 Å². The Labute approximate surface area is 98.5 Å². The molecule has 0 rings (SSSR count). The van der Waals surface area contributed by atoms with Crippen LogP contribution in [0.2, 0.25) is 0 Å². The van der Waals surface area contributed by atoms with Crippen molar-refractivity contribution >= 4 is 17.9 Å². The maximum atomic E-state index is 10.2. The maximum Gasteiger partial charge on any atom is 0.320 e. The summed E-state index contributed by atoms with van der Waals surface area (Å²) in [5, 5.41) is 16.0. The minimum absolute atomic E-state index is 0.0129. The molecule has 0 amide bonds. The first-order valence-corrected chi connectivity index (χ1v) is 4.76. The van der Waals surface area contributed by atoms with E-state index in [1.165, 1.54) is 0 Å². The van der Waals surface area contributed by atoms with Gasteiger partial charge in [-0.2, -0.15) is 0 Å². The molecule has 0 aliphatic heterocycles. The molecule has 0 spiro atoms. The predicted molar refractivity (Wildman–Crippen MR) is 62.2 cm³/mol. The first kappa shape index (κ1) is 17.5. The van der Waals surface area contributed by atoms with Crippen molar-refractivity contribution in [2.75, 3.05) is 13.1 Å². The molecule has 0 fully saturated rings. The third kappa shape index (κ3) is 16.8. The van der Waals surface area contributed by atoms with E-state index in [0.29, 0.717) is 19.4 Å². The van der Waals surface area contributed by atoms with Crippen molar-refractivity contribution in [3.8, 4) is 0 Å². The fraction of sp³-hybridized carbons (Fsp3) is 0.625. The minimum atomic E-state index is -1.00. The van der Waals surface area contributed by atoms with Crippen LogP contribution < -0.4 is 22.9 Å². The molecule has 17 heavy (non-hydrogen) atoms. The third-order valence-electron chi connectivity index (χ3n) is 1.46. The molecular weight excluding hydrogens is 230 g/mol. The summed E-state index contributed by atoms with van der Waals surface area (Å²) in [5.41, 5.74) is 19.9. The molecule has 1 atom stereocenters. The van der Waals surface area contributed by atoms with Gasteiger partial charge in [-0.15, -0.1) is 0 Å². The van der Waals surface area contributed by atoms with Crippen LogP contribution in [0.25, 0.3) is 0 Å². The van der Waals surface area contributed by atoms with E-state index < -0.39 is 18.0 Å². The van der Waals surface area contributed by atoms with Gasteiger partial charge in [-0.1, -0.05) is 0 Å². The lowest BCUT2D eigenvalue weighted by atomic mass is 10.2. The highest BCUT2D eigenvalue weighted by Gasteiger charge is 2.09. The number of aliphatic carboxylic acids is 2. The zero-order valence-electron chi connectivity index (χ0n) is 9.37. The van der Waals surface area contributed by atoms with E-state index in [0.717, 1.165) is 0 Å². The Morgan fingerprint density at radius 2 is 1.71 bits per heavy atom. The summed E-state index contributed by atoms with van der Waals surface area (Å²) in [5.74, 6) is -1.96. The SMILES string of the molecule is NC(N)=NCCC[C@H](N)C(=O)O.NCC(=O)O. The van der Waals surface area contributed by atoms with Crippen LogP contribution in [0.5, 0.6) is 0 Å². The van der Waals surface area contributed by atoms with Gasteiger partial charge < -0.3 is 33.1 Å². The summed E-state index contributed by atoms with van der Waals surface area (Å²) in [4.78, 5) is 23.1. The number of carboxylic acids is 2. The van der Waals surface area contributed by atoms with E-state index in [9.17, 15) is 9.59 Å². The van der Waals surface area contributed by atoms with Crippen molar-refractivity contribution in [3.05, 3.63) is 0 Å². The van der Waals surface area contributed by atoms with Gasteiger partial charge in [0.05, 0.1) is 6.54 Å². The van der Waals surface area contributed by atoms with E-state index in [1.807, 2.05) is 0 Å². The zero-order chi connectivity index (χ0) is 13.8. The second kappa shape index (κ2) is 10.6. The lowest BCUT2D eigenvalue weighted by Gasteiger charge is -2.03. The number of carbonyl (C=O) groups is 2. The van der Waals surface area contributed by atoms with Gasteiger partial charge in [-0.3, -0.25) is 14.6 Å². The Morgan fingerprint density at radius 1 is 1.24 bits per heavy atom. The quantitative estimate of drug-likeness (QED) is 0.169. The monoisotopic (exact) mass is 249 g/mol. The summed E-state index contributed by atoms with van der Waals surface area (Å²) in [7, 11) is 0. The van der Waals surface area contributed by atoms with Crippen molar-refractivity contribution in [2.24, 2.45) is 27.9 Å². The van der Waals surface area contributed by atoms with Crippen molar-refractivity contribution in [3.63, 3.8) is 0 Å². The van der Waals surface area contributed by atoms with Gasteiger partial charge in [-0.25, -0.2) is 0 Å². The molecule has 0 saturated carbocycles. The van der Waals surface area contributed by atoms with Gasteiger partial charge in [0.2, 0.25) is 0 Å². The van der Waals surface area contributed by atoms with Gasteiger partial charge in [0.25, 0.3) is 0 Å². The van der Waals surface area contributed by atoms with E-state index in [-0.39, 0.29) is 12.5 Å². The molecule has 0 aromatic heterocycles. The maximum absolute atomic E-state index is 10.2. The molecule has 0 aromatic carbocycles. The highest BCUT2D eigenvalue weighted by atomic mass is 16.4. The highest BCUT2D eigenvalue weighted by Crippen LogP contribution is 1.94. The Morgan fingerprint density at radius 3 is 2.00 bits per heavy atom. The largest absolute Gasteiger partial charge is 0.480 e. The lowest BCUT2D eigenvalue weighted by molar-refractivity contribution is -0.138. The molecule has 10 N–H and O–H groups in total. The van der Waals surface area contributed by atoms with E-state index in [4.69, 9.17) is 27.4 Å². The van der Waals surface area contributed by atoms with Crippen LogP contribution in [-0.2, 0) is 9.59 Å². The number of aliphatic imine (C=N–C) groups is 1. The fourth-order valence-corrected chi connectivity index (χ4v) is 0.643. The second-order valence-corrected chi connectivity index (χ2v) is 2.99. The third-order valence-corrected chi connectivity index (χ3v) is 1.46. The van der Waals surface area contributed by atoms with Crippen LogP contribution in [-0.4, -0.2) is 47.2 Å². The Bertz CT molecular complexity index is 265. The molecule has 0 bridgehead atoms. The van der Waals surface area contributed by atoms with Crippen molar-refractivity contribution in [1.82, 2.24) is 0 Å². The van der Waals surface area contributed by atoms with Crippen LogP contribution in [0.4, 0.5) is 0 Å². The molecule has 0 radical (unpaired) electrons. The van der Waals surface area contributed by atoms with Crippen molar-refractivity contribution in [2.45, 2.75) is 18.9 Å². The normalized spacial score (nSPS) is 10.7. The molecule has 0 heterocycles. The average molecular weight is 249 g/mol. The van der Waals surface area contributed by atoms with Crippen LogP contribution >= 0.6 is 0 Å². The van der Waals surface area contributed by atoms with Gasteiger partial charge in [0, 0.05) is 6.54 Å². The molecule has 100 valence electrons. The molecule has 0 unspecified atom stereocenters. The first-order chi connectivity index (χ1) is 7.81. The zero-order valence-corrected chi connectivity index (χ0v) is 9.37. The molecule has 0 aliphatic rings. The van der Waals surface area contributed by atoms with Crippen LogP contribution in [0, 0.1) is 0 Å². The van der Waals surface area contributed by atoms with Gasteiger partial charge in [-0.05, 0) is 12.8 Å². The fourth-order valence-electron chi connectivity index (χ4n) is 0.643. The van der Waals surface area contributed by atoms with Crippen LogP contribution in [0.15, 0.2) is 4.99 Å². The van der Waals surface area contributed by atoms with E-state index in [2.05, 4.69) is 10.7 Å². The molecule has 0 aliphatic carbocycles. The summed E-state index contributed by atoms with van der Waals surface area (Å²) < 4.78 is 0. The summed E-state index contributed by atoms with van der Waals surface area (Å²) in [6.45, 7) is 0.142. The number of nitrogens with two attached hydrogens (primary N) is 4. The van der Waals surface area contributed by atoms with E-state index >= 15 is 0 Å². The highest BCUT2D eigenvalue weighted by molar-refractivity contribution is 5.75. The lowest BCUT2D eigenvalue weighted by Crippen LogP contribution is -2.30. The first-order valence-electron chi connectivity index (χ1n) is 4.76. The molecule has 0 aromatic rings. The van der Waals surface area contributed by atoms with E-state index in [1.54, 1.807) is 0 Å². The minimum Gasteiger partial charge on any atom is -0.480 e. The number of hydrogen-bond acceptors (Lipinski definition) is 5. The molecule has 9 nitrogen and oxygen atoms in total.